The van der Waals surface area contributed by atoms with E-state index in [0.717, 1.165) is 0 Å². The molecular formula is C23H20F2N6O2S. The van der Waals surface area contributed by atoms with Crippen LogP contribution in [0.1, 0.15) is 5.69 Å². The van der Waals surface area contributed by atoms with Gasteiger partial charge in [-0.15, -0.1) is 0 Å². The summed E-state index contributed by atoms with van der Waals surface area (Å²) in [6.07, 6.45) is 0. The predicted molar refractivity (Wildman–Crippen MR) is 125 cm³/mol. The molecule has 2 aromatic carbocycles. The first-order valence-corrected chi connectivity index (χ1v) is 11.5. The lowest BCUT2D eigenvalue weighted by atomic mass is 10.2. The summed E-state index contributed by atoms with van der Waals surface area (Å²) in [7, 11) is 0. The summed E-state index contributed by atoms with van der Waals surface area (Å²) in [5.74, 6) is -0.696. The molecule has 1 N–H and O–H groups in total. The van der Waals surface area contributed by atoms with Gasteiger partial charge in [0.2, 0.25) is 4.96 Å². The van der Waals surface area contributed by atoms with Crippen molar-refractivity contribution in [2.24, 2.45) is 0 Å². The minimum absolute atomic E-state index is 0.234. The summed E-state index contributed by atoms with van der Waals surface area (Å²) >= 11 is 1.27. The Morgan fingerprint density at radius 1 is 0.971 bits per heavy atom. The van der Waals surface area contributed by atoms with Gasteiger partial charge in [-0.3, -0.25) is 9.69 Å². The second kappa shape index (κ2) is 9.27. The number of benzene rings is 2. The van der Waals surface area contributed by atoms with Crippen LogP contribution < -0.4 is 10.9 Å². The van der Waals surface area contributed by atoms with E-state index in [1.165, 1.54) is 58.3 Å². The van der Waals surface area contributed by atoms with Crippen LogP contribution in [-0.4, -0.2) is 56.6 Å². The first kappa shape index (κ1) is 22.1. The van der Waals surface area contributed by atoms with Gasteiger partial charge in [-0.1, -0.05) is 11.3 Å². The molecule has 1 saturated heterocycles. The number of urea groups is 1. The third-order valence-electron chi connectivity index (χ3n) is 5.53. The highest BCUT2D eigenvalue weighted by Gasteiger charge is 2.22. The number of amides is 2. The SMILES string of the molecule is O=C(Nc1ccc(F)cc1)N1CCN(Cc2cc(=O)n3nc(-c4ccc(F)cc4)sc3n2)CC1. The normalized spacial score (nSPS) is 14.5. The van der Waals surface area contributed by atoms with E-state index in [-0.39, 0.29) is 23.2 Å². The number of halogens is 2. The van der Waals surface area contributed by atoms with E-state index in [1.54, 1.807) is 17.0 Å². The molecule has 1 fully saturated rings. The number of nitrogens with one attached hydrogen (secondary N) is 1. The standard InChI is InChI=1S/C23H20F2N6O2S/c24-16-3-1-15(2-4-16)21-28-31-20(32)13-19(27-23(31)34-21)14-29-9-11-30(12-10-29)22(33)26-18-7-5-17(25)6-8-18/h1-8,13H,9-12,14H2,(H,26,33). The van der Waals surface area contributed by atoms with Crippen LogP contribution in [0.5, 0.6) is 0 Å². The molecule has 0 saturated carbocycles. The van der Waals surface area contributed by atoms with Gasteiger partial charge in [0.1, 0.15) is 16.6 Å². The quantitative estimate of drug-likeness (QED) is 0.482. The van der Waals surface area contributed by atoms with E-state index in [4.69, 9.17) is 0 Å². The number of carbonyl (C=O) groups excluding carboxylic acids is 1. The number of fused-ring (bicyclic) bond motifs is 1. The number of aromatic nitrogens is 3. The maximum atomic E-state index is 13.2. The molecular weight excluding hydrogens is 462 g/mol. The van der Waals surface area contributed by atoms with Gasteiger partial charge >= 0.3 is 6.03 Å². The average Bonchev–Trinajstić information content (AvgIpc) is 3.26. The van der Waals surface area contributed by atoms with Gasteiger partial charge < -0.3 is 10.2 Å². The molecule has 11 heteroatoms. The fourth-order valence-electron chi connectivity index (χ4n) is 3.72. The van der Waals surface area contributed by atoms with Crippen molar-refractivity contribution in [2.75, 3.05) is 31.5 Å². The second-order valence-corrected chi connectivity index (χ2v) is 8.85. The number of anilines is 1. The molecule has 3 heterocycles. The van der Waals surface area contributed by atoms with Crippen LogP contribution in [-0.2, 0) is 6.54 Å². The summed E-state index contributed by atoms with van der Waals surface area (Å²) in [5, 5.41) is 7.68. The molecule has 5 rings (SSSR count). The highest BCUT2D eigenvalue weighted by Crippen LogP contribution is 2.24. The van der Waals surface area contributed by atoms with E-state index >= 15 is 0 Å². The zero-order valence-electron chi connectivity index (χ0n) is 17.9. The summed E-state index contributed by atoms with van der Waals surface area (Å²) in [6, 6.07) is 12.8. The topological polar surface area (TPSA) is 82.8 Å². The molecule has 8 nitrogen and oxygen atoms in total. The number of nitrogens with zero attached hydrogens (tertiary/aromatic N) is 5. The Hall–Kier alpha value is -3.70. The largest absolute Gasteiger partial charge is 0.322 e. The molecule has 0 radical (unpaired) electrons. The zero-order chi connectivity index (χ0) is 23.7. The minimum atomic E-state index is -0.358. The van der Waals surface area contributed by atoms with E-state index in [0.29, 0.717) is 59.6 Å². The highest BCUT2D eigenvalue weighted by molar-refractivity contribution is 7.19. The van der Waals surface area contributed by atoms with Crippen LogP contribution in [0.2, 0.25) is 0 Å². The van der Waals surface area contributed by atoms with Crippen LogP contribution in [0.15, 0.2) is 59.4 Å². The Kier molecular flexibility index (Phi) is 6.03. The predicted octanol–water partition coefficient (Wildman–Crippen LogP) is 3.45. The Bertz CT molecular complexity index is 1380. The molecule has 34 heavy (non-hydrogen) atoms. The van der Waals surface area contributed by atoms with E-state index < -0.39 is 0 Å². The number of hydrogen-bond donors (Lipinski definition) is 1. The van der Waals surface area contributed by atoms with E-state index in [9.17, 15) is 18.4 Å². The maximum Gasteiger partial charge on any atom is 0.321 e. The van der Waals surface area contributed by atoms with Gasteiger partial charge in [-0.05, 0) is 48.5 Å². The Balaban J connectivity index is 1.22. The van der Waals surface area contributed by atoms with Crippen molar-refractivity contribution in [2.45, 2.75) is 6.54 Å². The van der Waals surface area contributed by atoms with Crippen LogP contribution in [0.4, 0.5) is 19.3 Å². The smallest absolute Gasteiger partial charge is 0.321 e. The van der Waals surface area contributed by atoms with Crippen molar-refractivity contribution in [3.8, 4) is 10.6 Å². The molecule has 0 atom stereocenters. The third-order valence-corrected chi connectivity index (χ3v) is 6.49. The highest BCUT2D eigenvalue weighted by atomic mass is 32.1. The lowest BCUT2D eigenvalue weighted by Gasteiger charge is -2.34. The average molecular weight is 483 g/mol. The summed E-state index contributed by atoms with van der Waals surface area (Å²) in [5.41, 5.74) is 1.61. The molecule has 0 unspecified atom stereocenters. The van der Waals surface area contributed by atoms with Crippen LogP contribution in [0.3, 0.4) is 0 Å². The Labute approximate surface area is 197 Å². The molecule has 2 aromatic heterocycles. The van der Waals surface area contributed by atoms with Crippen molar-refractivity contribution in [1.29, 1.82) is 0 Å². The zero-order valence-corrected chi connectivity index (χ0v) is 18.8. The number of rotatable bonds is 4. The first-order valence-electron chi connectivity index (χ1n) is 10.6. The first-order chi connectivity index (χ1) is 16.4. The number of hydrogen-bond acceptors (Lipinski definition) is 6. The molecule has 0 aliphatic carbocycles. The van der Waals surface area contributed by atoms with Crippen molar-refractivity contribution in [3.05, 3.63) is 82.3 Å². The van der Waals surface area contributed by atoms with Crippen molar-refractivity contribution in [3.63, 3.8) is 0 Å². The molecule has 1 aliphatic heterocycles. The molecule has 4 aromatic rings. The van der Waals surface area contributed by atoms with Crippen molar-refractivity contribution < 1.29 is 13.6 Å². The summed E-state index contributed by atoms with van der Waals surface area (Å²) < 4.78 is 27.5. The molecule has 174 valence electrons. The summed E-state index contributed by atoms with van der Waals surface area (Å²) in [6.45, 7) is 2.76. The third kappa shape index (κ3) is 4.80. The number of carbonyl (C=O) groups is 1. The molecule has 0 bridgehead atoms. The molecule has 1 aliphatic rings. The number of piperazine rings is 1. The lowest BCUT2D eigenvalue weighted by Crippen LogP contribution is -2.49. The van der Waals surface area contributed by atoms with E-state index in [1.807, 2.05) is 0 Å². The van der Waals surface area contributed by atoms with E-state index in [2.05, 4.69) is 20.3 Å². The van der Waals surface area contributed by atoms with Crippen LogP contribution in [0, 0.1) is 11.6 Å². The second-order valence-electron chi connectivity index (χ2n) is 7.89. The Morgan fingerprint density at radius 2 is 1.62 bits per heavy atom. The fourth-order valence-corrected chi connectivity index (χ4v) is 4.65. The van der Waals surface area contributed by atoms with Crippen LogP contribution >= 0.6 is 11.3 Å². The van der Waals surface area contributed by atoms with Gasteiger partial charge in [0.25, 0.3) is 5.56 Å². The van der Waals surface area contributed by atoms with Gasteiger partial charge in [0.15, 0.2) is 0 Å². The molecule has 0 spiro atoms. The molecule has 2 amide bonds. The monoisotopic (exact) mass is 482 g/mol. The Morgan fingerprint density at radius 3 is 2.29 bits per heavy atom. The minimum Gasteiger partial charge on any atom is -0.322 e. The van der Waals surface area contributed by atoms with Crippen molar-refractivity contribution in [1.82, 2.24) is 24.4 Å². The lowest BCUT2D eigenvalue weighted by molar-refractivity contribution is 0.142. The maximum absolute atomic E-state index is 13.2. The van der Waals surface area contributed by atoms with Gasteiger partial charge in [-0.25, -0.2) is 18.6 Å². The van der Waals surface area contributed by atoms with Crippen LogP contribution in [0.25, 0.3) is 15.5 Å². The summed E-state index contributed by atoms with van der Waals surface area (Å²) in [4.78, 5) is 33.9. The van der Waals surface area contributed by atoms with Gasteiger partial charge in [0, 0.05) is 50.0 Å². The van der Waals surface area contributed by atoms with Gasteiger partial charge in [0.05, 0.1) is 5.69 Å². The fraction of sp³-hybridized carbons (Fsp3) is 0.217. The van der Waals surface area contributed by atoms with Crippen molar-refractivity contribution >= 4 is 28.0 Å². The van der Waals surface area contributed by atoms with Gasteiger partial charge in [-0.2, -0.15) is 9.61 Å².